The summed E-state index contributed by atoms with van der Waals surface area (Å²) < 4.78 is 0. The Bertz CT molecular complexity index is 781. The number of aromatic carboxylic acids is 1. The lowest BCUT2D eigenvalue weighted by molar-refractivity contribution is -0.136. The van der Waals surface area contributed by atoms with Gasteiger partial charge in [0, 0.05) is 18.3 Å². The van der Waals surface area contributed by atoms with Crippen molar-refractivity contribution in [3.05, 3.63) is 36.0 Å². The molecule has 1 fully saturated rings. The van der Waals surface area contributed by atoms with Crippen LogP contribution < -0.4 is 4.90 Å². The number of H-pyrrole nitrogens is 1. The number of likely N-dealkylation sites (N-methyl/N-ethyl adjacent to an activating group) is 1. The van der Waals surface area contributed by atoms with Crippen LogP contribution in [-0.4, -0.2) is 58.1 Å². The molecule has 0 unspecified atom stereocenters. The van der Waals surface area contributed by atoms with E-state index < -0.39 is 5.97 Å². The summed E-state index contributed by atoms with van der Waals surface area (Å²) in [7, 11) is 1.60. The minimum Gasteiger partial charge on any atom is -0.477 e. The quantitative estimate of drug-likeness (QED) is 0.862. The van der Waals surface area contributed by atoms with E-state index in [2.05, 4.69) is 10.2 Å². The first-order valence-corrected chi connectivity index (χ1v) is 6.89. The van der Waals surface area contributed by atoms with Crippen molar-refractivity contribution in [2.75, 3.05) is 25.0 Å². The highest BCUT2D eigenvalue weighted by Gasteiger charge is 2.28. The highest BCUT2D eigenvalue weighted by atomic mass is 16.4. The zero-order chi connectivity index (χ0) is 16.6. The zero-order valence-electron chi connectivity index (χ0n) is 12.3. The first-order chi connectivity index (χ1) is 11.0. The molecule has 2 amide bonds. The highest BCUT2D eigenvalue weighted by molar-refractivity contribution is 6.04. The van der Waals surface area contributed by atoms with Crippen LogP contribution in [0.5, 0.6) is 0 Å². The third kappa shape index (κ3) is 2.78. The maximum Gasteiger partial charge on any atom is 0.353 e. The SMILES string of the molecule is CN1CC(=O)N(c2ccc(-c3cc(C(=O)O)[nH]n3)cc2)CC1=O. The van der Waals surface area contributed by atoms with Crippen LogP contribution >= 0.6 is 0 Å². The lowest BCUT2D eigenvalue weighted by atomic mass is 10.1. The van der Waals surface area contributed by atoms with E-state index >= 15 is 0 Å². The van der Waals surface area contributed by atoms with E-state index in [1.807, 2.05) is 0 Å². The Labute approximate surface area is 131 Å². The van der Waals surface area contributed by atoms with Gasteiger partial charge in [0.2, 0.25) is 11.8 Å². The zero-order valence-corrected chi connectivity index (χ0v) is 12.3. The summed E-state index contributed by atoms with van der Waals surface area (Å²) in [5, 5.41) is 15.3. The smallest absolute Gasteiger partial charge is 0.353 e. The van der Waals surface area contributed by atoms with Crippen molar-refractivity contribution in [1.29, 1.82) is 0 Å². The van der Waals surface area contributed by atoms with E-state index in [-0.39, 0.29) is 30.6 Å². The van der Waals surface area contributed by atoms with Crippen LogP contribution in [0.1, 0.15) is 10.5 Å². The Balaban J connectivity index is 1.83. The second-order valence-corrected chi connectivity index (χ2v) is 5.25. The number of hydrogen-bond acceptors (Lipinski definition) is 4. The number of hydrogen-bond donors (Lipinski definition) is 2. The molecule has 8 nitrogen and oxygen atoms in total. The normalized spacial score (nSPS) is 15.2. The van der Waals surface area contributed by atoms with Crippen LogP contribution in [0.4, 0.5) is 5.69 Å². The number of aromatic nitrogens is 2. The summed E-state index contributed by atoms with van der Waals surface area (Å²) in [6.07, 6.45) is 0. The number of aromatic amines is 1. The van der Waals surface area contributed by atoms with Crippen molar-refractivity contribution >= 4 is 23.5 Å². The Morgan fingerprint density at radius 2 is 1.87 bits per heavy atom. The summed E-state index contributed by atoms with van der Waals surface area (Å²) in [6.45, 7) is 0.0716. The number of nitrogens with zero attached hydrogens (tertiary/aromatic N) is 3. The largest absolute Gasteiger partial charge is 0.477 e. The van der Waals surface area contributed by atoms with Gasteiger partial charge in [0.25, 0.3) is 0 Å². The monoisotopic (exact) mass is 314 g/mol. The summed E-state index contributed by atoms with van der Waals surface area (Å²) in [6, 6.07) is 8.31. The number of amides is 2. The van der Waals surface area contributed by atoms with Crippen LogP contribution in [0.2, 0.25) is 0 Å². The summed E-state index contributed by atoms with van der Waals surface area (Å²) in [4.78, 5) is 37.4. The average molecular weight is 314 g/mol. The number of piperazine rings is 1. The second kappa shape index (κ2) is 5.56. The van der Waals surface area contributed by atoms with E-state index in [9.17, 15) is 14.4 Å². The number of benzene rings is 1. The fourth-order valence-corrected chi connectivity index (χ4v) is 2.35. The van der Waals surface area contributed by atoms with Crippen molar-refractivity contribution < 1.29 is 19.5 Å². The van der Waals surface area contributed by atoms with E-state index in [0.29, 0.717) is 16.9 Å². The van der Waals surface area contributed by atoms with Crippen molar-refractivity contribution in [3.63, 3.8) is 0 Å². The number of anilines is 1. The van der Waals surface area contributed by atoms with Crippen molar-refractivity contribution in [2.45, 2.75) is 0 Å². The molecule has 3 rings (SSSR count). The molecule has 1 aliphatic heterocycles. The van der Waals surface area contributed by atoms with E-state index in [0.717, 1.165) is 0 Å². The van der Waals surface area contributed by atoms with Crippen molar-refractivity contribution in [3.8, 4) is 11.3 Å². The Kier molecular flexibility index (Phi) is 3.57. The van der Waals surface area contributed by atoms with Crippen LogP contribution in [0.25, 0.3) is 11.3 Å². The van der Waals surface area contributed by atoms with E-state index in [1.54, 1.807) is 31.3 Å². The van der Waals surface area contributed by atoms with Crippen molar-refractivity contribution in [2.24, 2.45) is 0 Å². The minimum absolute atomic E-state index is 0.00363. The number of carbonyl (C=O) groups excluding carboxylic acids is 2. The number of carboxylic acid groups (broad SMARTS) is 1. The molecule has 2 aromatic rings. The fraction of sp³-hybridized carbons (Fsp3) is 0.200. The lowest BCUT2D eigenvalue weighted by Gasteiger charge is -2.31. The molecule has 23 heavy (non-hydrogen) atoms. The topological polar surface area (TPSA) is 107 Å². The lowest BCUT2D eigenvalue weighted by Crippen LogP contribution is -2.52. The molecule has 2 heterocycles. The fourth-order valence-electron chi connectivity index (χ4n) is 2.35. The average Bonchev–Trinajstić information content (AvgIpc) is 3.01. The standard InChI is InChI=1S/C15H14N4O4/c1-18-7-14(21)19(8-13(18)20)10-4-2-9(3-5-10)11-6-12(15(22)23)17-16-11/h2-6H,7-8H2,1H3,(H,16,17)(H,22,23). The highest BCUT2D eigenvalue weighted by Crippen LogP contribution is 2.23. The molecular formula is C15H14N4O4. The third-order valence-electron chi connectivity index (χ3n) is 3.68. The Morgan fingerprint density at radius 1 is 1.17 bits per heavy atom. The molecule has 1 aromatic heterocycles. The number of rotatable bonds is 3. The Morgan fingerprint density at radius 3 is 2.48 bits per heavy atom. The van der Waals surface area contributed by atoms with Gasteiger partial charge in [-0.3, -0.25) is 14.7 Å². The van der Waals surface area contributed by atoms with Gasteiger partial charge in [0.05, 0.1) is 12.2 Å². The first kappa shape index (κ1) is 14.8. The number of carbonyl (C=O) groups is 3. The molecule has 118 valence electrons. The molecule has 1 aromatic carbocycles. The van der Waals surface area contributed by atoms with Crippen LogP contribution in [0, 0.1) is 0 Å². The number of nitrogens with one attached hydrogen (secondary N) is 1. The van der Waals surface area contributed by atoms with Gasteiger partial charge in [0.15, 0.2) is 0 Å². The molecule has 8 heteroatoms. The summed E-state index contributed by atoms with van der Waals surface area (Å²) in [5.74, 6) is -1.35. The van der Waals surface area contributed by atoms with Gasteiger partial charge >= 0.3 is 5.97 Å². The summed E-state index contributed by atoms with van der Waals surface area (Å²) >= 11 is 0. The molecule has 0 bridgehead atoms. The third-order valence-corrected chi connectivity index (χ3v) is 3.68. The Hall–Kier alpha value is -3.16. The molecule has 2 N–H and O–H groups in total. The maximum atomic E-state index is 12.0. The van der Waals surface area contributed by atoms with Gasteiger partial charge in [-0.2, -0.15) is 5.10 Å². The van der Waals surface area contributed by atoms with Gasteiger partial charge in [-0.05, 0) is 18.2 Å². The van der Waals surface area contributed by atoms with E-state index in [1.165, 1.54) is 15.9 Å². The van der Waals surface area contributed by atoms with E-state index in [4.69, 9.17) is 5.11 Å². The van der Waals surface area contributed by atoms with Gasteiger partial charge in [-0.15, -0.1) is 0 Å². The van der Waals surface area contributed by atoms with Crippen LogP contribution in [0.15, 0.2) is 30.3 Å². The first-order valence-electron chi connectivity index (χ1n) is 6.89. The molecule has 0 aliphatic carbocycles. The molecule has 0 radical (unpaired) electrons. The van der Waals surface area contributed by atoms with Crippen LogP contribution in [-0.2, 0) is 9.59 Å². The molecule has 0 saturated carbocycles. The van der Waals surface area contributed by atoms with Gasteiger partial charge < -0.3 is 14.9 Å². The molecule has 0 atom stereocenters. The van der Waals surface area contributed by atoms with Gasteiger partial charge in [0.1, 0.15) is 12.2 Å². The minimum atomic E-state index is -1.08. The molecular weight excluding hydrogens is 300 g/mol. The molecule has 0 spiro atoms. The van der Waals surface area contributed by atoms with Crippen molar-refractivity contribution in [1.82, 2.24) is 15.1 Å². The predicted molar refractivity (Wildman–Crippen MR) is 81.0 cm³/mol. The van der Waals surface area contributed by atoms with Crippen LogP contribution in [0.3, 0.4) is 0 Å². The second-order valence-electron chi connectivity index (χ2n) is 5.25. The maximum absolute atomic E-state index is 12.0. The predicted octanol–water partition coefficient (Wildman–Crippen LogP) is 0.580. The van der Waals surface area contributed by atoms with Gasteiger partial charge in [-0.1, -0.05) is 12.1 Å². The number of carboxylic acids is 1. The summed E-state index contributed by atoms with van der Waals surface area (Å²) in [5.41, 5.74) is 1.83. The van der Waals surface area contributed by atoms with Gasteiger partial charge in [-0.25, -0.2) is 4.79 Å². The molecule has 1 aliphatic rings. The molecule has 1 saturated heterocycles.